The van der Waals surface area contributed by atoms with Crippen LogP contribution in [0, 0.1) is 0 Å². The van der Waals surface area contributed by atoms with Crippen molar-refractivity contribution in [2.45, 2.75) is 75.4 Å². The summed E-state index contributed by atoms with van der Waals surface area (Å²) < 4.78 is 119. The molecule has 0 bridgehead atoms. The Kier molecular flexibility index (Phi) is 11.4. The first-order valence-electron chi connectivity index (χ1n) is 12.3. The van der Waals surface area contributed by atoms with Gasteiger partial charge in [0.05, 0.1) is 6.54 Å². The van der Waals surface area contributed by atoms with E-state index in [2.05, 4.69) is 17.9 Å². The van der Waals surface area contributed by atoms with Crippen LogP contribution >= 0.6 is 0 Å². The van der Waals surface area contributed by atoms with Crippen molar-refractivity contribution in [3.63, 3.8) is 0 Å². The first kappa shape index (κ1) is 34.2. The molecule has 1 saturated heterocycles. The van der Waals surface area contributed by atoms with Crippen LogP contribution in [0.3, 0.4) is 0 Å². The Hall–Kier alpha value is -2.31. The van der Waals surface area contributed by atoms with Crippen molar-refractivity contribution in [3.05, 3.63) is 35.9 Å². The van der Waals surface area contributed by atoms with Gasteiger partial charge in [-0.1, -0.05) is 49.6 Å². The molecular formula is C21H27N2O16S3-3. The van der Waals surface area contributed by atoms with Gasteiger partial charge >= 0.3 is 0 Å². The van der Waals surface area contributed by atoms with Gasteiger partial charge in [0.1, 0.15) is 12.2 Å². The maximum absolute atomic E-state index is 13.6. The number of ether oxygens (including phenoxy) is 1. The van der Waals surface area contributed by atoms with E-state index in [-0.39, 0.29) is 12.6 Å². The minimum Gasteiger partial charge on any atom is -0.726 e. The van der Waals surface area contributed by atoms with Crippen molar-refractivity contribution in [3.8, 4) is 0 Å². The minimum absolute atomic E-state index is 0.177. The van der Waals surface area contributed by atoms with Crippen molar-refractivity contribution in [1.82, 2.24) is 10.2 Å². The summed E-state index contributed by atoms with van der Waals surface area (Å²) in [6.07, 6.45) is -9.56. The fourth-order valence-electron chi connectivity index (χ4n) is 4.59. The van der Waals surface area contributed by atoms with Gasteiger partial charge in [-0.2, -0.15) is 0 Å². The monoisotopic (exact) mass is 659 g/mol. The van der Waals surface area contributed by atoms with Crippen molar-refractivity contribution >= 4 is 43.0 Å². The standard InChI is InChI=1S/C21H30N2O16S3/c24-15(22-14-9-5-2-6-10-14)12-23(11-13-7-3-1-4-8-13)20(26)18-16(25)17(37-40(27,28)29)19(38-41(30,31)32)21(36-18)39-42(33,34)35/h1,3-4,7-8,14,16-19,21,25H,2,5-6,9-12H2,(H,22,24)(H,27,28,29)(H,30,31,32)(H,33,34,35)/p-3. The Morgan fingerprint density at radius 2 is 1.43 bits per heavy atom. The Morgan fingerprint density at radius 3 is 1.98 bits per heavy atom. The van der Waals surface area contributed by atoms with Crippen LogP contribution in [0.5, 0.6) is 0 Å². The largest absolute Gasteiger partial charge is 0.726 e. The predicted molar refractivity (Wildman–Crippen MR) is 131 cm³/mol. The van der Waals surface area contributed by atoms with Gasteiger partial charge in [0, 0.05) is 12.6 Å². The lowest BCUT2D eigenvalue weighted by Gasteiger charge is -2.44. The quantitative estimate of drug-likeness (QED) is 0.176. The van der Waals surface area contributed by atoms with E-state index in [1.165, 1.54) is 0 Å². The van der Waals surface area contributed by atoms with Crippen LogP contribution in [0.4, 0.5) is 0 Å². The summed E-state index contributed by atoms with van der Waals surface area (Å²) in [5, 5.41) is 13.6. The van der Waals surface area contributed by atoms with Crippen molar-refractivity contribution < 1.29 is 70.9 Å². The Morgan fingerprint density at radius 1 is 0.881 bits per heavy atom. The zero-order valence-electron chi connectivity index (χ0n) is 21.5. The summed E-state index contributed by atoms with van der Waals surface area (Å²) in [7, 11) is -17.6. The molecular weight excluding hydrogens is 632 g/mol. The normalized spacial score (nSPS) is 26.0. The van der Waals surface area contributed by atoms with Crippen molar-refractivity contribution in [2.24, 2.45) is 0 Å². The first-order valence-corrected chi connectivity index (χ1v) is 16.3. The molecule has 0 aromatic heterocycles. The zero-order chi connectivity index (χ0) is 31.3. The Labute approximate surface area is 241 Å². The van der Waals surface area contributed by atoms with Gasteiger partial charge in [0.2, 0.25) is 43.4 Å². The van der Waals surface area contributed by atoms with E-state index in [9.17, 15) is 53.6 Å². The van der Waals surface area contributed by atoms with Crippen LogP contribution in [0.15, 0.2) is 30.3 Å². The highest BCUT2D eigenvalue weighted by Gasteiger charge is 2.53. The molecule has 1 aromatic carbocycles. The molecule has 1 aromatic rings. The molecule has 21 heteroatoms. The van der Waals surface area contributed by atoms with Crippen LogP contribution in [0.1, 0.15) is 37.7 Å². The lowest BCUT2D eigenvalue weighted by molar-refractivity contribution is -0.259. The van der Waals surface area contributed by atoms with Gasteiger partial charge in [-0.05, 0) is 18.4 Å². The maximum atomic E-state index is 13.6. The van der Waals surface area contributed by atoms with E-state index in [0.717, 1.165) is 24.2 Å². The minimum atomic E-state index is -5.89. The van der Waals surface area contributed by atoms with E-state index in [1.807, 2.05) is 0 Å². The Bertz CT molecular complexity index is 1410. The second-order valence-electron chi connectivity index (χ2n) is 9.44. The van der Waals surface area contributed by atoms with Crippen LogP contribution in [0.25, 0.3) is 0 Å². The number of aliphatic hydroxyl groups excluding tert-OH is 1. The number of hydrogen-bond donors (Lipinski definition) is 2. The number of amides is 2. The van der Waals surface area contributed by atoms with Gasteiger partial charge < -0.3 is 33.7 Å². The van der Waals surface area contributed by atoms with Crippen LogP contribution in [-0.4, -0.2) is 104 Å². The fourth-order valence-corrected chi connectivity index (χ4v) is 5.95. The number of carbonyl (C=O) groups is 2. The number of aliphatic hydroxyl groups is 1. The molecule has 5 atom stereocenters. The lowest BCUT2D eigenvalue weighted by atomic mass is 9.95. The van der Waals surface area contributed by atoms with Crippen molar-refractivity contribution in [2.75, 3.05) is 6.54 Å². The van der Waals surface area contributed by atoms with Gasteiger partial charge in [-0.15, -0.1) is 0 Å². The molecule has 18 nitrogen and oxygen atoms in total. The maximum Gasteiger partial charge on any atom is 0.255 e. The average Bonchev–Trinajstić information content (AvgIpc) is 2.86. The van der Waals surface area contributed by atoms with Gasteiger partial charge in [-0.3, -0.25) is 18.0 Å². The second kappa shape index (κ2) is 14.0. The highest BCUT2D eigenvalue weighted by Crippen LogP contribution is 2.31. The third kappa shape index (κ3) is 10.8. The molecule has 3 rings (SSSR count). The molecule has 1 aliphatic heterocycles. The number of hydrogen-bond acceptors (Lipinski definition) is 16. The van der Waals surface area contributed by atoms with E-state index >= 15 is 0 Å². The molecule has 1 saturated carbocycles. The number of benzene rings is 1. The third-order valence-electron chi connectivity index (χ3n) is 6.27. The summed E-state index contributed by atoms with van der Waals surface area (Å²) >= 11 is 0. The molecule has 5 unspecified atom stereocenters. The van der Waals surface area contributed by atoms with E-state index < -0.39 is 80.3 Å². The summed E-state index contributed by atoms with van der Waals surface area (Å²) in [5.74, 6) is -1.97. The molecule has 238 valence electrons. The van der Waals surface area contributed by atoms with Crippen LogP contribution in [-0.2, 0) is 64.6 Å². The van der Waals surface area contributed by atoms with Crippen LogP contribution in [0.2, 0.25) is 0 Å². The second-order valence-corrected chi connectivity index (χ2v) is 12.5. The average molecular weight is 660 g/mol. The van der Waals surface area contributed by atoms with Gasteiger partial charge in [0.15, 0.2) is 12.2 Å². The molecule has 2 amide bonds. The number of rotatable bonds is 12. The smallest absolute Gasteiger partial charge is 0.255 e. The summed E-state index contributed by atoms with van der Waals surface area (Å²) in [6.45, 7) is -0.988. The van der Waals surface area contributed by atoms with Crippen molar-refractivity contribution in [1.29, 1.82) is 0 Å². The topological polar surface area (TPSA) is 278 Å². The number of nitrogens with zero attached hydrogens (tertiary/aromatic N) is 1. The van der Waals surface area contributed by atoms with Gasteiger partial charge in [-0.25, -0.2) is 29.4 Å². The number of carbonyl (C=O) groups excluding carboxylic acids is 2. The highest BCUT2D eigenvalue weighted by atomic mass is 32.3. The molecule has 1 heterocycles. The zero-order valence-corrected chi connectivity index (χ0v) is 24.0. The molecule has 2 fully saturated rings. The predicted octanol–water partition coefficient (Wildman–Crippen LogP) is -2.28. The third-order valence-corrected chi connectivity index (χ3v) is 7.61. The molecule has 2 aliphatic rings. The van der Waals surface area contributed by atoms with E-state index in [4.69, 9.17) is 4.74 Å². The summed E-state index contributed by atoms with van der Waals surface area (Å²) in [4.78, 5) is 27.3. The summed E-state index contributed by atoms with van der Waals surface area (Å²) in [5.41, 5.74) is 0.449. The molecule has 42 heavy (non-hydrogen) atoms. The lowest BCUT2D eigenvalue weighted by Crippen LogP contribution is -2.64. The molecule has 1 aliphatic carbocycles. The summed E-state index contributed by atoms with van der Waals surface area (Å²) in [6, 6.07) is 7.80. The SMILES string of the molecule is O=C(CN(Cc1ccccc1)C(=O)C1OC(OS(=O)(=O)[O-])C(OS(=O)(=O)[O-])C(OS(=O)(=O)[O-])C1O)NC1CCCCC1. The highest BCUT2D eigenvalue weighted by molar-refractivity contribution is 7.81. The number of nitrogens with one attached hydrogen (secondary N) is 1. The fraction of sp³-hybridized carbons (Fsp3) is 0.619. The molecule has 2 N–H and O–H groups in total. The molecule has 0 radical (unpaired) electrons. The Balaban J connectivity index is 1.97. The van der Waals surface area contributed by atoms with Gasteiger partial charge in [0.25, 0.3) is 5.91 Å². The first-order chi connectivity index (χ1) is 19.4. The molecule has 0 spiro atoms. The van der Waals surface area contributed by atoms with Crippen LogP contribution < -0.4 is 5.32 Å². The van der Waals surface area contributed by atoms with E-state index in [1.54, 1.807) is 30.3 Å². The van der Waals surface area contributed by atoms with E-state index in [0.29, 0.717) is 18.4 Å².